The van der Waals surface area contributed by atoms with Gasteiger partial charge < -0.3 is 20.1 Å². The Morgan fingerprint density at radius 1 is 1.73 bits per heavy atom. The summed E-state index contributed by atoms with van der Waals surface area (Å²) in [7, 11) is 1.51. The molecule has 0 aromatic heterocycles. The first-order chi connectivity index (χ1) is 7.06. The number of carbonyl (C=O) groups is 1. The molecule has 0 aliphatic carbocycles. The van der Waals surface area contributed by atoms with Crippen molar-refractivity contribution in [3.63, 3.8) is 0 Å². The van der Waals surface area contributed by atoms with Crippen LogP contribution in [0.5, 0.6) is 0 Å². The molecule has 1 rings (SSSR count). The Morgan fingerprint density at radius 3 is 2.93 bits per heavy atom. The van der Waals surface area contributed by atoms with Crippen LogP contribution in [-0.4, -0.2) is 54.8 Å². The molecule has 5 nitrogen and oxygen atoms in total. The van der Waals surface area contributed by atoms with Crippen molar-refractivity contribution < 1.29 is 14.3 Å². The fourth-order valence-electron chi connectivity index (χ4n) is 1.38. The van der Waals surface area contributed by atoms with Gasteiger partial charge in [-0.15, -0.1) is 0 Å². The van der Waals surface area contributed by atoms with Gasteiger partial charge in [-0.3, -0.25) is 4.79 Å². The van der Waals surface area contributed by atoms with Crippen LogP contribution in [0.1, 0.15) is 6.92 Å². The lowest BCUT2D eigenvalue weighted by atomic mass is 10.2. The van der Waals surface area contributed by atoms with Gasteiger partial charge in [0.15, 0.2) is 0 Å². The zero-order valence-electron chi connectivity index (χ0n) is 8.93. The molecule has 6 heteroatoms. The van der Waals surface area contributed by atoms with Gasteiger partial charge in [-0.1, -0.05) is 12.2 Å². The molecule has 0 bridgehead atoms. The zero-order valence-corrected chi connectivity index (χ0v) is 9.75. The largest absolute Gasteiger partial charge is 0.391 e. The van der Waals surface area contributed by atoms with Gasteiger partial charge in [-0.25, -0.2) is 0 Å². The van der Waals surface area contributed by atoms with Crippen LogP contribution in [0.15, 0.2) is 0 Å². The number of carbonyl (C=O) groups excluding carboxylic acids is 1. The van der Waals surface area contributed by atoms with Crippen molar-refractivity contribution in [1.82, 2.24) is 4.90 Å². The third-order valence-corrected chi connectivity index (χ3v) is 2.66. The summed E-state index contributed by atoms with van der Waals surface area (Å²) in [5.41, 5.74) is 5.48. The number of nitrogens with zero attached hydrogens (tertiary/aromatic N) is 1. The van der Waals surface area contributed by atoms with Crippen LogP contribution in [0.4, 0.5) is 0 Å². The molecule has 1 heterocycles. The SMILES string of the molecule is COC(C)C(=O)N1CCOC(C(N)=S)C1. The van der Waals surface area contributed by atoms with E-state index in [1.807, 2.05) is 0 Å². The molecular weight excluding hydrogens is 216 g/mol. The van der Waals surface area contributed by atoms with E-state index in [0.717, 1.165) is 0 Å². The molecule has 0 aromatic carbocycles. The van der Waals surface area contributed by atoms with Crippen LogP contribution >= 0.6 is 12.2 Å². The highest BCUT2D eigenvalue weighted by Crippen LogP contribution is 2.08. The van der Waals surface area contributed by atoms with E-state index in [9.17, 15) is 4.79 Å². The summed E-state index contributed by atoms with van der Waals surface area (Å²) >= 11 is 4.83. The third-order valence-electron chi connectivity index (χ3n) is 2.40. The number of ether oxygens (including phenoxy) is 2. The van der Waals surface area contributed by atoms with Crippen LogP contribution < -0.4 is 5.73 Å². The lowest BCUT2D eigenvalue weighted by molar-refractivity contribution is -0.146. The maximum Gasteiger partial charge on any atom is 0.251 e. The Balaban J connectivity index is 2.56. The van der Waals surface area contributed by atoms with Crippen molar-refractivity contribution >= 4 is 23.1 Å². The molecule has 2 N–H and O–H groups in total. The Morgan fingerprint density at radius 2 is 2.40 bits per heavy atom. The van der Waals surface area contributed by atoms with Gasteiger partial charge in [-0.05, 0) is 6.92 Å². The van der Waals surface area contributed by atoms with Crippen LogP contribution in [0.2, 0.25) is 0 Å². The quantitative estimate of drug-likeness (QED) is 0.667. The van der Waals surface area contributed by atoms with Crippen molar-refractivity contribution in [2.45, 2.75) is 19.1 Å². The van der Waals surface area contributed by atoms with Gasteiger partial charge >= 0.3 is 0 Å². The second-order valence-corrected chi connectivity index (χ2v) is 3.90. The second-order valence-electron chi connectivity index (χ2n) is 3.42. The van der Waals surface area contributed by atoms with Crippen molar-refractivity contribution in [1.29, 1.82) is 0 Å². The molecule has 15 heavy (non-hydrogen) atoms. The molecule has 0 spiro atoms. The van der Waals surface area contributed by atoms with Gasteiger partial charge in [0, 0.05) is 13.7 Å². The predicted octanol–water partition coefficient (Wildman–Crippen LogP) is -0.465. The molecule has 1 amide bonds. The van der Waals surface area contributed by atoms with Crippen LogP contribution in [0.25, 0.3) is 0 Å². The summed E-state index contributed by atoms with van der Waals surface area (Å²) in [6.07, 6.45) is -0.767. The lowest BCUT2D eigenvalue weighted by Gasteiger charge is -2.33. The topological polar surface area (TPSA) is 64.8 Å². The minimum Gasteiger partial charge on any atom is -0.391 e. The van der Waals surface area contributed by atoms with E-state index in [0.29, 0.717) is 19.7 Å². The fraction of sp³-hybridized carbons (Fsp3) is 0.778. The smallest absolute Gasteiger partial charge is 0.251 e. The number of methoxy groups -OCH3 is 1. The van der Waals surface area contributed by atoms with E-state index in [1.165, 1.54) is 7.11 Å². The lowest BCUT2D eigenvalue weighted by Crippen LogP contribution is -2.52. The van der Waals surface area contributed by atoms with Crippen LogP contribution in [-0.2, 0) is 14.3 Å². The van der Waals surface area contributed by atoms with Crippen LogP contribution in [0.3, 0.4) is 0 Å². The van der Waals surface area contributed by atoms with E-state index in [4.69, 9.17) is 27.4 Å². The van der Waals surface area contributed by atoms with Crippen molar-refractivity contribution in [2.75, 3.05) is 26.8 Å². The summed E-state index contributed by atoms with van der Waals surface area (Å²) in [5, 5.41) is 0. The number of thiocarbonyl (C=S) groups is 1. The Bertz CT molecular complexity index is 260. The molecule has 2 atom stereocenters. The first-order valence-corrected chi connectivity index (χ1v) is 5.19. The number of nitrogens with two attached hydrogens (primary N) is 1. The number of amides is 1. The van der Waals surface area contributed by atoms with E-state index in [1.54, 1.807) is 11.8 Å². The first kappa shape index (κ1) is 12.4. The minimum atomic E-state index is -0.435. The Kier molecular flexibility index (Phi) is 4.44. The van der Waals surface area contributed by atoms with Crippen molar-refractivity contribution in [2.24, 2.45) is 5.73 Å². The Hall–Kier alpha value is -0.720. The van der Waals surface area contributed by atoms with Crippen molar-refractivity contribution in [3.8, 4) is 0 Å². The molecule has 86 valence electrons. The van der Waals surface area contributed by atoms with Gasteiger partial charge in [0.25, 0.3) is 5.91 Å². The third kappa shape index (κ3) is 3.12. The standard InChI is InChI=1S/C9H16N2O3S/c1-6(13-2)9(12)11-3-4-14-7(5-11)8(10)15/h6-7H,3-5H2,1-2H3,(H2,10,15). The number of hydrogen-bond donors (Lipinski definition) is 1. The summed E-state index contributed by atoms with van der Waals surface area (Å²) in [6, 6.07) is 0. The van der Waals surface area contributed by atoms with Gasteiger partial charge in [0.2, 0.25) is 0 Å². The van der Waals surface area contributed by atoms with Gasteiger partial charge in [-0.2, -0.15) is 0 Å². The molecule has 1 aliphatic rings. The normalized spacial score (nSPS) is 23.6. The zero-order chi connectivity index (χ0) is 11.4. The molecule has 1 saturated heterocycles. The van der Waals surface area contributed by atoms with E-state index >= 15 is 0 Å². The molecular formula is C9H16N2O3S. The minimum absolute atomic E-state index is 0.0537. The summed E-state index contributed by atoms with van der Waals surface area (Å²) in [5.74, 6) is -0.0537. The van der Waals surface area contributed by atoms with E-state index in [-0.39, 0.29) is 17.0 Å². The molecule has 2 unspecified atom stereocenters. The molecule has 0 aromatic rings. The maximum atomic E-state index is 11.8. The Labute approximate surface area is 94.5 Å². The second kappa shape index (κ2) is 5.39. The monoisotopic (exact) mass is 232 g/mol. The number of morpholine rings is 1. The summed E-state index contributed by atoms with van der Waals surface area (Å²) in [4.78, 5) is 13.7. The van der Waals surface area contributed by atoms with E-state index in [2.05, 4.69) is 0 Å². The average Bonchev–Trinajstić information content (AvgIpc) is 2.27. The number of hydrogen-bond acceptors (Lipinski definition) is 4. The summed E-state index contributed by atoms with van der Waals surface area (Å²) in [6.45, 7) is 3.16. The van der Waals surface area contributed by atoms with Crippen molar-refractivity contribution in [3.05, 3.63) is 0 Å². The molecule has 1 aliphatic heterocycles. The number of rotatable bonds is 3. The highest BCUT2D eigenvalue weighted by molar-refractivity contribution is 7.80. The molecule has 0 saturated carbocycles. The first-order valence-electron chi connectivity index (χ1n) is 4.78. The van der Waals surface area contributed by atoms with Crippen LogP contribution in [0, 0.1) is 0 Å². The van der Waals surface area contributed by atoms with Gasteiger partial charge in [0.1, 0.15) is 17.2 Å². The molecule has 0 radical (unpaired) electrons. The maximum absolute atomic E-state index is 11.8. The summed E-state index contributed by atoms with van der Waals surface area (Å²) < 4.78 is 10.3. The van der Waals surface area contributed by atoms with Gasteiger partial charge in [0.05, 0.1) is 13.2 Å². The average molecular weight is 232 g/mol. The van der Waals surface area contributed by atoms with E-state index < -0.39 is 6.10 Å². The molecule has 1 fully saturated rings. The highest BCUT2D eigenvalue weighted by atomic mass is 32.1. The fourth-order valence-corrected chi connectivity index (χ4v) is 1.52. The highest BCUT2D eigenvalue weighted by Gasteiger charge is 2.28. The predicted molar refractivity (Wildman–Crippen MR) is 59.6 cm³/mol.